The van der Waals surface area contributed by atoms with Crippen molar-refractivity contribution in [3.8, 4) is 11.3 Å². The maximum atomic E-state index is 14.9. The van der Waals surface area contributed by atoms with E-state index in [1.54, 1.807) is 26.1 Å². The lowest BCUT2D eigenvalue weighted by atomic mass is 9.89. The van der Waals surface area contributed by atoms with Gasteiger partial charge in [-0.15, -0.1) is 0 Å². The van der Waals surface area contributed by atoms with Gasteiger partial charge in [-0.05, 0) is 45.0 Å². The molecule has 10 heteroatoms. The first-order chi connectivity index (χ1) is 15.8. The van der Waals surface area contributed by atoms with Crippen LogP contribution in [0.1, 0.15) is 18.7 Å². The summed E-state index contributed by atoms with van der Waals surface area (Å²) in [6, 6.07) is 4.40. The van der Waals surface area contributed by atoms with Crippen molar-refractivity contribution in [3.63, 3.8) is 0 Å². The molecule has 0 saturated carbocycles. The van der Waals surface area contributed by atoms with Gasteiger partial charge < -0.3 is 14.5 Å². The molecule has 2 fully saturated rings. The van der Waals surface area contributed by atoms with E-state index in [-0.39, 0.29) is 38.5 Å². The molecular formula is C23H26ClFN6O2. The molecule has 0 N–H and O–H groups in total. The number of hydrogen-bond acceptors (Lipinski definition) is 7. The van der Waals surface area contributed by atoms with Crippen LogP contribution in [0.15, 0.2) is 23.0 Å². The number of likely N-dealkylation sites (tertiary alicyclic amines) is 1. The van der Waals surface area contributed by atoms with Crippen LogP contribution in [-0.4, -0.2) is 69.9 Å². The highest BCUT2D eigenvalue weighted by molar-refractivity contribution is 6.30. The topological polar surface area (TPSA) is 76.4 Å². The first kappa shape index (κ1) is 22.2. The lowest BCUT2D eigenvalue weighted by Gasteiger charge is -2.46. The summed E-state index contributed by atoms with van der Waals surface area (Å²) in [7, 11) is 3.76. The quantitative estimate of drug-likeness (QED) is 0.567. The number of rotatable bonds is 2. The van der Waals surface area contributed by atoms with Crippen molar-refractivity contribution in [3.05, 3.63) is 45.2 Å². The molecule has 3 aromatic rings. The van der Waals surface area contributed by atoms with Crippen LogP contribution in [0, 0.1) is 12.7 Å². The van der Waals surface area contributed by atoms with Crippen LogP contribution in [0.2, 0.25) is 5.02 Å². The fourth-order valence-corrected chi connectivity index (χ4v) is 4.75. The number of hydrogen-bond donors (Lipinski definition) is 0. The minimum absolute atomic E-state index is 0.168. The highest BCUT2D eigenvalue weighted by Gasteiger charge is 2.40. The van der Waals surface area contributed by atoms with E-state index in [9.17, 15) is 9.18 Å². The molecule has 0 amide bonds. The zero-order chi connectivity index (χ0) is 23.3. The molecule has 0 atom stereocenters. The van der Waals surface area contributed by atoms with Gasteiger partial charge in [-0.3, -0.25) is 9.36 Å². The number of halogens is 2. The SMILES string of the molecule is Cc1nc2c(-c3ccc(Cl)cc3F)nc(N3CCOC4(CCN(C)CC4)C3)nc2c(=O)n1C. The number of morpholine rings is 1. The normalized spacial score (nSPS) is 18.9. The van der Waals surface area contributed by atoms with Crippen molar-refractivity contribution >= 4 is 28.6 Å². The third-order valence-electron chi connectivity index (χ3n) is 6.75. The van der Waals surface area contributed by atoms with E-state index >= 15 is 0 Å². The summed E-state index contributed by atoms with van der Waals surface area (Å²) in [6.45, 7) is 5.39. The minimum atomic E-state index is -0.526. The molecule has 0 unspecified atom stereocenters. The van der Waals surface area contributed by atoms with Gasteiger partial charge in [0.25, 0.3) is 5.56 Å². The predicted molar refractivity (Wildman–Crippen MR) is 125 cm³/mol. The lowest BCUT2D eigenvalue weighted by molar-refractivity contribution is -0.0886. The van der Waals surface area contributed by atoms with E-state index in [1.165, 1.54) is 10.6 Å². The summed E-state index contributed by atoms with van der Waals surface area (Å²) < 4.78 is 22.6. The van der Waals surface area contributed by atoms with Crippen molar-refractivity contribution in [1.29, 1.82) is 0 Å². The Morgan fingerprint density at radius 3 is 2.58 bits per heavy atom. The van der Waals surface area contributed by atoms with E-state index in [0.29, 0.717) is 31.5 Å². The Morgan fingerprint density at radius 2 is 1.85 bits per heavy atom. The van der Waals surface area contributed by atoms with E-state index in [0.717, 1.165) is 25.9 Å². The number of anilines is 1. The molecule has 0 bridgehead atoms. The molecule has 1 spiro atoms. The Morgan fingerprint density at radius 1 is 1.09 bits per heavy atom. The molecule has 2 saturated heterocycles. The molecule has 0 radical (unpaired) electrons. The Kier molecular flexibility index (Phi) is 5.58. The predicted octanol–water partition coefficient (Wildman–Crippen LogP) is 2.79. The number of fused-ring (bicyclic) bond motifs is 1. The smallest absolute Gasteiger partial charge is 0.279 e. The van der Waals surface area contributed by atoms with Crippen LogP contribution in [0.5, 0.6) is 0 Å². The largest absolute Gasteiger partial charge is 0.371 e. The van der Waals surface area contributed by atoms with Crippen LogP contribution in [-0.2, 0) is 11.8 Å². The molecule has 2 aliphatic rings. The standard InChI is InChI=1S/C23H26ClFN6O2/c1-14-26-19-18(16-5-4-15(24)12-17(16)25)27-22(28-20(19)21(32)30(14)3)31-10-11-33-23(13-31)6-8-29(2)9-7-23/h4-5,12H,6-11,13H2,1-3H3. The Balaban J connectivity index is 1.66. The molecule has 8 nitrogen and oxygen atoms in total. The number of benzene rings is 1. The zero-order valence-electron chi connectivity index (χ0n) is 18.9. The van der Waals surface area contributed by atoms with Gasteiger partial charge in [-0.1, -0.05) is 11.6 Å². The van der Waals surface area contributed by atoms with E-state index in [1.807, 2.05) is 4.90 Å². The van der Waals surface area contributed by atoms with Gasteiger partial charge >= 0.3 is 0 Å². The van der Waals surface area contributed by atoms with E-state index in [2.05, 4.69) is 21.9 Å². The Bertz CT molecular complexity index is 1290. The molecule has 33 heavy (non-hydrogen) atoms. The van der Waals surface area contributed by atoms with Crippen LogP contribution in [0.4, 0.5) is 10.3 Å². The van der Waals surface area contributed by atoms with E-state index < -0.39 is 5.82 Å². The fourth-order valence-electron chi connectivity index (χ4n) is 4.60. The number of aromatic nitrogens is 4. The average Bonchev–Trinajstić information content (AvgIpc) is 2.80. The van der Waals surface area contributed by atoms with Crippen LogP contribution in [0.3, 0.4) is 0 Å². The van der Waals surface area contributed by atoms with Crippen LogP contribution in [0.25, 0.3) is 22.3 Å². The van der Waals surface area contributed by atoms with E-state index in [4.69, 9.17) is 21.3 Å². The molecule has 5 rings (SSSR count). The lowest BCUT2D eigenvalue weighted by Crippen LogP contribution is -2.56. The first-order valence-electron chi connectivity index (χ1n) is 11.0. The second-order valence-electron chi connectivity index (χ2n) is 8.97. The Labute approximate surface area is 196 Å². The van der Waals surface area contributed by atoms with Gasteiger partial charge in [-0.25, -0.2) is 19.3 Å². The van der Waals surface area contributed by atoms with Gasteiger partial charge in [0.1, 0.15) is 22.9 Å². The first-order valence-corrected chi connectivity index (χ1v) is 11.4. The number of ether oxygens (including phenoxy) is 1. The van der Waals surface area contributed by atoms with Crippen LogP contribution >= 0.6 is 11.6 Å². The van der Waals surface area contributed by atoms with Crippen LogP contribution < -0.4 is 10.5 Å². The minimum Gasteiger partial charge on any atom is -0.371 e. The highest BCUT2D eigenvalue weighted by Crippen LogP contribution is 2.33. The van der Waals surface area contributed by atoms with Gasteiger partial charge in [0.05, 0.1) is 18.8 Å². The van der Waals surface area contributed by atoms with Gasteiger partial charge in [0.2, 0.25) is 5.95 Å². The second kappa shape index (κ2) is 8.30. The summed E-state index contributed by atoms with van der Waals surface area (Å²) in [5, 5.41) is 0.285. The van der Waals surface area contributed by atoms with Crippen molar-refractivity contribution in [2.45, 2.75) is 25.4 Å². The van der Waals surface area contributed by atoms with Gasteiger partial charge in [0, 0.05) is 37.3 Å². The van der Waals surface area contributed by atoms with Crippen molar-refractivity contribution in [2.75, 3.05) is 44.7 Å². The third kappa shape index (κ3) is 3.98. The highest BCUT2D eigenvalue weighted by atomic mass is 35.5. The summed E-state index contributed by atoms with van der Waals surface area (Å²) in [5.74, 6) is 0.356. The fraction of sp³-hybridized carbons (Fsp3) is 0.478. The summed E-state index contributed by atoms with van der Waals surface area (Å²) >= 11 is 5.97. The molecule has 1 aromatic carbocycles. The summed E-state index contributed by atoms with van der Waals surface area (Å²) in [5.41, 5.74) is 0.401. The van der Waals surface area contributed by atoms with Gasteiger partial charge in [0.15, 0.2) is 5.52 Å². The average molecular weight is 473 g/mol. The number of piperidine rings is 1. The molecule has 2 aromatic heterocycles. The monoisotopic (exact) mass is 472 g/mol. The summed E-state index contributed by atoms with van der Waals surface area (Å²) in [6.07, 6.45) is 1.82. The number of aryl methyl sites for hydroxylation is 1. The second-order valence-corrected chi connectivity index (χ2v) is 9.41. The zero-order valence-corrected chi connectivity index (χ0v) is 19.7. The molecule has 0 aliphatic carbocycles. The van der Waals surface area contributed by atoms with Gasteiger partial charge in [-0.2, -0.15) is 0 Å². The molecule has 2 aliphatic heterocycles. The third-order valence-corrected chi connectivity index (χ3v) is 6.99. The van der Waals surface area contributed by atoms with Crippen molar-refractivity contribution < 1.29 is 9.13 Å². The Hall–Kier alpha value is -2.62. The molecule has 174 valence electrons. The number of nitrogens with zero attached hydrogens (tertiary/aromatic N) is 6. The molecular weight excluding hydrogens is 447 g/mol. The maximum Gasteiger partial charge on any atom is 0.279 e. The maximum absolute atomic E-state index is 14.9. The van der Waals surface area contributed by atoms with Crippen molar-refractivity contribution in [1.82, 2.24) is 24.4 Å². The molecule has 4 heterocycles. The van der Waals surface area contributed by atoms with Crippen molar-refractivity contribution in [2.24, 2.45) is 7.05 Å². The summed E-state index contributed by atoms with van der Waals surface area (Å²) in [4.78, 5) is 31.4.